The molecule has 0 aromatic rings. The molecule has 0 heterocycles. The van der Waals surface area contributed by atoms with Crippen molar-refractivity contribution in [3.05, 3.63) is 0 Å². The van der Waals surface area contributed by atoms with Crippen LogP contribution in [0.3, 0.4) is 0 Å². The second-order valence-electron chi connectivity index (χ2n) is 5.15. The summed E-state index contributed by atoms with van der Waals surface area (Å²) in [6, 6.07) is 0.390. The van der Waals surface area contributed by atoms with Gasteiger partial charge in [-0.3, -0.25) is 4.90 Å². The zero-order chi connectivity index (χ0) is 12.0. The maximum atomic E-state index is 10.5. The first-order chi connectivity index (χ1) is 7.61. The zero-order valence-corrected chi connectivity index (χ0v) is 11.0. The van der Waals surface area contributed by atoms with Crippen LogP contribution in [0.2, 0.25) is 0 Å². The third kappa shape index (κ3) is 4.04. The number of hydrogen-bond acceptors (Lipinski definition) is 3. The normalized spacial score (nSPS) is 22.3. The highest BCUT2D eigenvalue weighted by atomic mass is 16.5. The summed E-state index contributed by atoms with van der Waals surface area (Å²) in [5.74, 6) is 0. The van der Waals surface area contributed by atoms with Gasteiger partial charge in [0.2, 0.25) is 0 Å². The summed E-state index contributed by atoms with van der Waals surface area (Å²) < 4.78 is 5.19. The first-order valence-corrected chi connectivity index (χ1v) is 6.56. The van der Waals surface area contributed by atoms with Crippen molar-refractivity contribution in [2.24, 2.45) is 0 Å². The standard InChI is InChI=1S/C13H27NO2/c1-4-14(12(2)10-16-3)11-13(15)8-6-5-7-9-13/h12,15H,4-11H2,1-3H3. The molecule has 0 bridgehead atoms. The SMILES string of the molecule is CCN(CC1(O)CCCCC1)C(C)COC. The Morgan fingerprint density at radius 1 is 1.31 bits per heavy atom. The summed E-state index contributed by atoms with van der Waals surface area (Å²) in [6.07, 6.45) is 5.55. The van der Waals surface area contributed by atoms with Gasteiger partial charge in [0.05, 0.1) is 12.2 Å². The molecule has 1 saturated carbocycles. The summed E-state index contributed by atoms with van der Waals surface area (Å²) in [6.45, 7) is 6.84. The lowest BCUT2D eigenvalue weighted by atomic mass is 9.84. The van der Waals surface area contributed by atoms with Crippen LogP contribution in [0.25, 0.3) is 0 Å². The molecule has 1 aliphatic carbocycles. The van der Waals surface area contributed by atoms with Crippen molar-refractivity contribution in [1.29, 1.82) is 0 Å². The minimum atomic E-state index is -0.448. The molecule has 16 heavy (non-hydrogen) atoms. The van der Waals surface area contributed by atoms with E-state index in [1.165, 1.54) is 19.3 Å². The molecule has 0 radical (unpaired) electrons. The molecule has 0 saturated heterocycles. The molecule has 0 aliphatic heterocycles. The van der Waals surface area contributed by atoms with Crippen molar-refractivity contribution in [2.45, 2.75) is 57.6 Å². The molecular formula is C13H27NO2. The van der Waals surface area contributed by atoms with E-state index in [0.29, 0.717) is 6.04 Å². The fourth-order valence-corrected chi connectivity index (χ4v) is 2.67. The minimum Gasteiger partial charge on any atom is -0.389 e. The van der Waals surface area contributed by atoms with Crippen molar-refractivity contribution in [2.75, 3.05) is 26.8 Å². The molecule has 1 aliphatic rings. The summed E-state index contributed by atoms with van der Waals surface area (Å²) in [4.78, 5) is 2.33. The highest BCUT2D eigenvalue weighted by Gasteiger charge is 2.32. The van der Waals surface area contributed by atoms with Gasteiger partial charge in [0.1, 0.15) is 0 Å². The van der Waals surface area contributed by atoms with Crippen molar-refractivity contribution in [1.82, 2.24) is 4.90 Å². The molecule has 3 heteroatoms. The Balaban J connectivity index is 2.47. The Hall–Kier alpha value is -0.120. The topological polar surface area (TPSA) is 32.7 Å². The molecule has 1 atom stereocenters. The fourth-order valence-electron chi connectivity index (χ4n) is 2.67. The first-order valence-electron chi connectivity index (χ1n) is 6.56. The van der Waals surface area contributed by atoms with Crippen molar-refractivity contribution in [3.63, 3.8) is 0 Å². The second-order valence-corrected chi connectivity index (χ2v) is 5.15. The fraction of sp³-hybridized carbons (Fsp3) is 1.00. The zero-order valence-electron chi connectivity index (χ0n) is 11.0. The second kappa shape index (κ2) is 6.58. The van der Waals surface area contributed by atoms with Crippen LogP contribution in [0.15, 0.2) is 0 Å². The van der Waals surface area contributed by atoms with Gasteiger partial charge in [-0.05, 0) is 26.3 Å². The molecule has 0 aromatic heterocycles. The molecular weight excluding hydrogens is 202 g/mol. The molecule has 96 valence electrons. The highest BCUT2D eigenvalue weighted by Crippen LogP contribution is 2.29. The average molecular weight is 229 g/mol. The van der Waals surface area contributed by atoms with E-state index in [2.05, 4.69) is 18.7 Å². The van der Waals surface area contributed by atoms with Gasteiger partial charge in [0, 0.05) is 19.7 Å². The molecule has 0 amide bonds. The van der Waals surface area contributed by atoms with Crippen LogP contribution in [0.1, 0.15) is 46.0 Å². The number of hydrogen-bond donors (Lipinski definition) is 1. The van der Waals surface area contributed by atoms with Crippen molar-refractivity contribution >= 4 is 0 Å². The Kier molecular flexibility index (Phi) is 5.73. The van der Waals surface area contributed by atoms with E-state index in [4.69, 9.17) is 4.74 Å². The molecule has 0 spiro atoms. The largest absolute Gasteiger partial charge is 0.389 e. The average Bonchev–Trinajstić information content (AvgIpc) is 2.27. The Labute approximate surface area is 99.8 Å². The predicted molar refractivity (Wildman–Crippen MR) is 66.6 cm³/mol. The van der Waals surface area contributed by atoms with Crippen LogP contribution in [-0.4, -0.2) is 48.5 Å². The lowest BCUT2D eigenvalue weighted by molar-refractivity contribution is -0.0399. The lowest BCUT2D eigenvalue weighted by Gasteiger charge is -2.39. The van der Waals surface area contributed by atoms with Gasteiger partial charge in [-0.15, -0.1) is 0 Å². The monoisotopic (exact) mass is 229 g/mol. The maximum absolute atomic E-state index is 10.5. The molecule has 1 rings (SSSR count). The third-order valence-corrected chi connectivity index (χ3v) is 3.72. The Morgan fingerprint density at radius 3 is 2.44 bits per heavy atom. The van der Waals surface area contributed by atoms with Crippen LogP contribution in [-0.2, 0) is 4.74 Å². The van der Waals surface area contributed by atoms with Gasteiger partial charge in [0.15, 0.2) is 0 Å². The molecule has 0 aromatic carbocycles. The Morgan fingerprint density at radius 2 is 1.94 bits per heavy atom. The third-order valence-electron chi connectivity index (χ3n) is 3.72. The van der Waals surface area contributed by atoms with Crippen molar-refractivity contribution in [3.8, 4) is 0 Å². The Bertz CT molecular complexity index is 190. The number of likely N-dealkylation sites (N-methyl/N-ethyl adjacent to an activating group) is 1. The van der Waals surface area contributed by atoms with Gasteiger partial charge in [-0.2, -0.15) is 0 Å². The van der Waals surface area contributed by atoms with E-state index in [1.807, 2.05) is 0 Å². The van der Waals surface area contributed by atoms with E-state index < -0.39 is 5.60 Å². The van der Waals surface area contributed by atoms with E-state index in [1.54, 1.807) is 7.11 Å². The number of ether oxygens (including phenoxy) is 1. The van der Waals surface area contributed by atoms with Gasteiger partial charge in [0.25, 0.3) is 0 Å². The summed E-state index contributed by atoms with van der Waals surface area (Å²) in [5.41, 5.74) is -0.448. The van der Waals surface area contributed by atoms with E-state index >= 15 is 0 Å². The van der Waals surface area contributed by atoms with Crippen LogP contribution in [0.5, 0.6) is 0 Å². The molecule has 1 N–H and O–H groups in total. The number of methoxy groups -OCH3 is 1. The van der Waals surface area contributed by atoms with Crippen LogP contribution >= 0.6 is 0 Å². The molecule has 1 unspecified atom stereocenters. The quantitative estimate of drug-likeness (QED) is 0.756. The molecule has 3 nitrogen and oxygen atoms in total. The minimum absolute atomic E-state index is 0.390. The van der Waals surface area contributed by atoms with Crippen LogP contribution in [0.4, 0.5) is 0 Å². The summed E-state index contributed by atoms with van der Waals surface area (Å²) in [5, 5.41) is 10.5. The van der Waals surface area contributed by atoms with Gasteiger partial charge in [-0.1, -0.05) is 26.2 Å². The molecule has 1 fully saturated rings. The number of nitrogens with zero attached hydrogens (tertiary/aromatic N) is 1. The smallest absolute Gasteiger partial charge is 0.0774 e. The number of aliphatic hydroxyl groups is 1. The van der Waals surface area contributed by atoms with Gasteiger partial charge in [-0.25, -0.2) is 0 Å². The van der Waals surface area contributed by atoms with Gasteiger partial charge < -0.3 is 9.84 Å². The highest BCUT2D eigenvalue weighted by molar-refractivity contribution is 4.86. The van der Waals surface area contributed by atoms with Crippen LogP contribution in [0, 0.1) is 0 Å². The maximum Gasteiger partial charge on any atom is 0.0774 e. The summed E-state index contributed by atoms with van der Waals surface area (Å²) in [7, 11) is 1.74. The van der Waals surface area contributed by atoms with E-state index in [9.17, 15) is 5.11 Å². The predicted octanol–water partition coefficient (Wildman–Crippen LogP) is 2.04. The number of rotatable bonds is 6. The van der Waals surface area contributed by atoms with Crippen molar-refractivity contribution < 1.29 is 9.84 Å². The van der Waals surface area contributed by atoms with Gasteiger partial charge >= 0.3 is 0 Å². The first kappa shape index (κ1) is 13.9. The van der Waals surface area contributed by atoms with E-state index in [0.717, 1.165) is 32.5 Å². The lowest BCUT2D eigenvalue weighted by Crippen LogP contribution is -2.48. The van der Waals surface area contributed by atoms with Crippen LogP contribution < -0.4 is 0 Å². The summed E-state index contributed by atoms with van der Waals surface area (Å²) >= 11 is 0. The van der Waals surface area contributed by atoms with E-state index in [-0.39, 0.29) is 0 Å².